The molecular formula is C33H39FN4OS. The number of aryl methyl sites for hydroxylation is 1. The first-order valence-electron chi connectivity index (χ1n) is 14.3. The van der Waals surface area contributed by atoms with Crippen molar-refractivity contribution in [2.24, 2.45) is 0 Å². The normalized spacial score (nSPS) is 11.9. The van der Waals surface area contributed by atoms with E-state index in [9.17, 15) is 9.18 Å². The Balaban J connectivity index is 1.59. The predicted octanol–water partition coefficient (Wildman–Crippen LogP) is 8.16. The van der Waals surface area contributed by atoms with Gasteiger partial charge < -0.3 is 5.32 Å². The molecule has 0 aliphatic heterocycles. The molecule has 5 nitrogen and oxygen atoms in total. The molecule has 1 unspecified atom stereocenters. The molecule has 0 bridgehead atoms. The lowest BCUT2D eigenvalue weighted by atomic mass is 10.0. The van der Waals surface area contributed by atoms with Crippen LogP contribution < -0.4 is 5.32 Å². The first-order valence-corrected chi connectivity index (χ1v) is 15.2. The average molecular weight is 559 g/mol. The highest BCUT2D eigenvalue weighted by atomic mass is 32.2. The standard InChI is InChI=1S/C33H39FN4OS/c1-3-4-5-6-7-11-14-31(39)35-30(23-26-12-9-8-10-13-26)32-36-37-33(38(32)29-21-15-25(2)16-22-29)40-24-27-17-19-28(34)20-18-27/h8-10,12-13,15-22,30H,3-7,11,14,23-24H2,1-2H3,(H,35,39). The van der Waals surface area contributed by atoms with Crippen molar-refractivity contribution in [1.29, 1.82) is 0 Å². The first-order chi connectivity index (χ1) is 19.5. The maximum absolute atomic E-state index is 13.4. The number of nitrogens with one attached hydrogen (secondary N) is 1. The van der Waals surface area contributed by atoms with E-state index in [-0.39, 0.29) is 17.8 Å². The lowest BCUT2D eigenvalue weighted by Gasteiger charge is -2.20. The molecule has 0 aliphatic carbocycles. The zero-order valence-electron chi connectivity index (χ0n) is 23.5. The van der Waals surface area contributed by atoms with Crippen LogP contribution in [0.4, 0.5) is 4.39 Å². The number of amides is 1. The highest BCUT2D eigenvalue weighted by Crippen LogP contribution is 2.29. The second-order valence-electron chi connectivity index (χ2n) is 10.3. The highest BCUT2D eigenvalue weighted by Gasteiger charge is 2.25. The van der Waals surface area contributed by atoms with Gasteiger partial charge >= 0.3 is 0 Å². The fourth-order valence-corrected chi connectivity index (χ4v) is 5.57. The SMILES string of the molecule is CCCCCCCCC(=O)NC(Cc1ccccc1)c1nnc(SCc2ccc(F)cc2)n1-c1ccc(C)cc1. The zero-order valence-corrected chi connectivity index (χ0v) is 24.3. The summed E-state index contributed by atoms with van der Waals surface area (Å²) in [5, 5.41) is 13.2. The summed E-state index contributed by atoms with van der Waals surface area (Å²) in [6.07, 6.45) is 7.93. The van der Waals surface area contributed by atoms with Crippen molar-refractivity contribution in [2.45, 2.75) is 82.2 Å². The molecule has 1 N–H and O–H groups in total. The molecule has 3 aromatic carbocycles. The number of unbranched alkanes of at least 4 members (excludes halogenated alkanes) is 5. The topological polar surface area (TPSA) is 59.8 Å². The smallest absolute Gasteiger partial charge is 0.220 e. The Bertz CT molecular complexity index is 1320. The molecule has 7 heteroatoms. The van der Waals surface area contributed by atoms with Gasteiger partial charge in [0.1, 0.15) is 5.82 Å². The van der Waals surface area contributed by atoms with E-state index >= 15 is 0 Å². The molecule has 0 fully saturated rings. The van der Waals surface area contributed by atoms with Crippen molar-refractivity contribution in [2.75, 3.05) is 0 Å². The Morgan fingerprint density at radius 2 is 1.57 bits per heavy atom. The molecule has 1 heterocycles. The lowest BCUT2D eigenvalue weighted by molar-refractivity contribution is -0.122. The van der Waals surface area contributed by atoms with E-state index in [1.807, 2.05) is 22.8 Å². The van der Waals surface area contributed by atoms with Gasteiger partial charge in [0, 0.05) is 17.9 Å². The van der Waals surface area contributed by atoms with Gasteiger partial charge in [-0.3, -0.25) is 9.36 Å². The molecule has 0 saturated heterocycles. The third-order valence-electron chi connectivity index (χ3n) is 6.92. The lowest BCUT2D eigenvalue weighted by Crippen LogP contribution is -2.31. The van der Waals surface area contributed by atoms with E-state index in [1.165, 1.54) is 37.8 Å². The van der Waals surface area contributed by atoms with Crippen molar-refractivity contribution in [3.8, 4) is 5.69 Å². The minimum atomic E-state index is -0.344. The van der Waals surface area contributed by atoms with Crippen LogP contribution in [0.15, 0.2) is 84.0 Å². The van der Waals surface area contributed by atoms with Crippen LogP contribution >= 0.6 is 11.8 Å². The van der Waals surface area contributed by atoms with Crippen LogP contribution in [0.25, 0.3) is 5.69 Å². The Kier molecular flexibility index (Phi) is 11.3. The maximum atomic E-state index is 13.4. The van der Waals surface area contributed by atoms with Crippen LogP contribution in [-0.2, 0) is 17.0 Å². The molecule has 210 valence electrons. The zero-order chi connectivity index (χ0) is 28.2. The van der Waals surface area contributed by atoms with Crippen molar-refractivity contribution in [3.63, 3.8) is 0 Å². The van der Waals surface area contributed by atoms with Crippen molar-refractivity contribution < 1.29 is 9.18 Å². The molecule has 1 aromatic heterocycles. The molecule has 0 spiro atoms. The summed E-state index contributed by atoms with van der Waals surface area (Å²) < 4.78 is 15.5. The van der Waals surface area contributed by atoms with Gasteiger partial charge in [-0.15, -0.1) is 10.2 Å². The van der Waals surface area contributed by atoms with Crippen LogP contribution in [0.1, 0.15) is 80.4 Å². The largest absolute Gasteiger partial charge is 0.346 e. The van der Waals surface area contributed by atoms with Gasteiger partial charge in [-0.2, -0.15) is 0 Å². The summed E-state index contributed by atoms with van der Waals surface area (Å²) in [7, 11) is 0. The number of carbonyl (C=O) groups is 1. The molecule has 0 aliphatic rings. The molecule has 1 atom stereocenters. The second-order valence-corrected chi connectivity index (χ2v) is 11.2. The van der Waals surface area contributed by atoms with E-state index in [4.69, 9.17) is 0 Å². The monoisotopic (exact) mass is 558 g/mol. The number of nitrogens with zero attached hydrogens (tertiary/aromatic N) is 3. The molecule has 0 radical (unpaired) electrons. The quantitative estimate of drug-likeness (QED) is 0.118. The Labute approximate surface area is 241 Å². The van der Waals surface area contributed by atoms with Gasteiger partial charge in [-0.05, 0) is 55.2 Å². The maximum Gasteiger partial charge on any atom is 0.220 e. The van der Waals surface area contributed by atoms with Crippen LogP contribution in [0.3, 0.4) is 0 Å². The van der Waals surface area contributed by atoms with Gasteiger partial charge in [-0.1, -0.05) is 111 Å². The molecule has 40 heavy (non-hydrogen) atoms. The van der Waals surface area contributed by atoms with Gasteiger partial charge in [0.25, 0.3) is 0 Å². The van der Waals surface area contributed by atoms with E-state index in [0.717, 1.165) is 40.4 Å². The molecular weight excluding hydrogens is 519 g/mol. The number of hydrogen-bond acceptors (Lipinski definition) is 4. The number of carbonyl (C=O) groups excluding carboxylic acids is 1. The second kappa shape index (κ2) is 15.4. The predicted molar refractivity (Wildman–Crippen MR) is 161 cm³/mol. The van der Waals surface area contributed by atoms with Gasteiger partial charge in [0.05, 0.1) is 6.04 Å². The minimum absolute atomic E-state index is 0.0374. The van der Waals surface area contributed by atoms with Gasteiger partial charge in [0.2, 0.25) is 5.91 Å². The number of halogens is 1. The summed E-state index contributed by atoms with van der Waals surface area (Å²) in [5.41, 5.74) is 4.22. The third-order valence-corrected chi connectivity index (χ3v) is 7.92. The molecule has 0 saturated carbocycles. The van der Waals surface area contributed by atoms with E-state index in [2.05, 4.69) is 65.8 Å². The number of benzene rings is 3. The summed E-state index contributed by atoms with van der Waals surface area (Å²) in [5.74, 6) is 1.11. The Morgan fingerprint density at radius 3 is 2.30 bits per heavy atom. The van der Waals surface area contributed by atoms with Crippen LogP contribution in [0, 0.1) is 12.7 Å². The molecule has 4 rings (SSSR count). The van der Waals surface area contributed by atoms with E-state index in [0.29, 0.717) is 24.4 Å². The van der Waals surface area contributed by atoms with E-state index < -0.39 is 0 Å². The fourth-order valence-electron chi connectivity index (χ4n) is 4.65. The first kappa shape index (κ1) is 29.5. The third kappa shape index (κ3) is 8.78. The number of aromatic nitrogens is 3. The minimum Gasteiger partial charge on any atom is -0.346 e. The highest BCUT2D eigenvalue weighted by molar-refractivity contribution is 7.98. The molecule has 1 amide bonds. The summed E-state index contributed by atoms with van der Waals surface area (Å²) in [6, 6.07) is 24.6. The van der Waals surface area contributed by atoms with Gasteiger partial charge in [0.15, 0.2) is 11.0 Å². The molecule has 4 aromatic rings. The van der Waals surface area contributed by atoms with Crippen molar-refractivity contribution >= 4 is 17.7 Å². The summed E-state index contributed by atoms with van der Waals surface area (Å²) in [4.78, 5) is 13.1. The summed E-state index contributed by atoms with van der Waals surface area (Å²) >= 11 is 1.55. The van der Waals surface area contributed by atoms with Gasteiger partial charge in [-0.25, -0.2) is 4.39 Å². The number of hydrogen-bond donors (Lipinski definition) is 1. The number of rotatable bonds is 15. The average Bonchev–Trinajstić information content (AvgIpc) is 3.39. The van der Waals surface area contributed by atoms with Crippen molar-refractivity contribution in [1.82, 2.24) is 20.1 Å². The van der Waals surface area contributed by atoms with Crippen LogP contribution in [0.2, 0.25) is 0 Å². The van der Waals surface area contributed by atoms with Crippen LogP contribution in [-0.4, -0.2) is 20.7 Å². The van der Waals surface area contributed by atoms with E-state index in [1.54, 1.807) is 23.9 Å². The number of thioether (sulfide) groups is 1. The fraction of sp³-hybridized carbons (Fsp3) is 0.364. The summed E-state index contributed by atoms with van der Waals surface area (Å²) in [6.45, 7) is 4.27. The Hall–Kier alpha value is -3.45. The van der Waals surface area contributed by atoms with Crippen molar-refractivity contribution in [3.05, 3.63) is 107 Å². The van der Waals surface area contributed by atoms with Crippen LogP contribution in [0.5, 0.6) is 0 Å². The Morgan fingerprint density at radius 1 is 0.875 bits per heavy atom.